The van der Waals surface area contributed by atoms with Gasteiger partial charge in [-0.25, -0.2) is 0 Å². The zero-order valence-corrected chi connectivity index (χ0v) is 11.7. The Morgan fingerprint density at radius 1 is 1.50 bits per heavy atom. The van der Waals surface area contributed by atoms with E-state index in [1.165, 1.54) is 0 Å². The highest BCUT2D eigenvalue weighted by Gasteiger charge is 2.13. The van der Waals surface area contributed by atoms with Crippen LogP contribution in [0.4, 0.5) is 0 Å². The molecule has 0 aliphatic heterocycles. The molecule has 18 heavy (non-hydrogen) atoms. The second-order valence-electron chi connectivity index (χ2n) is 4.55. The van der Waals surface area contributed by atoms with Gasteiger partial charge in [0.05, 0.1) is 13.2 Å². The number of aryl methyl sites for hydroxylation is 2. The van der Waals surface area contributed by atoms with Crippen molar-refractivity contribution in [3.05, 3.63) is 23.2 Å². The van der Waals surface area contributed by atoms with Gasteiger partial charge in [0.2, 0.25) is 0 Å². The molecule has 1 aromatic heterocycles. The maximum Gasteiger partial charge on any atom is 0.319 e. The lowest BCUT2D eigenvalue weighted by atomic mass is 10.1. The summed E-state index contributed by atoms with van der Waals surface area (Å²) in [5.41, 5.74) is 1.09. The van der Waals surface area contributed by atoms with E-state index in [9.17, 15) is 4.79 Å². The lowest BCUT2D eigenvalue weighted by molar-refractivity contribution is -0.142. The van der Waals surface area contributed by atoms with Crippen molar-refractivity contribution in [3.8, 4) is 0 Å². The standard InChI is InChI=1S/C14H23NO3/c1-5-6-7-17-14(16)9-15-11(3)13-8-10(2)18-12(13)4/h8,11,15H,5-7,9H2,1-4H3. The first-order valence-electron chi connectivity index (χ1n) is 6.50. The van der Waals surface area contributed by atoms with Crippen LogP contribution in [0.5, 0.6) is 0 Å². The summed E-state index contributed by atoms with van der Waals surface area (Å²) < 4.78 is 10.5. The maximum absolute atomic E-state index is 11.4. The topological polar surface area (TPSA) is 51.5 Å². The highest BCUT2D eigenvalue weighted by Crippen LogP contribution is 2.20. The molecule has 0 aromatic carbocycles. The third kappa shape index (κ3) is 4.53. The van der Waals surface area contributed by atoms with Crippen molar-refractivity contribution in [2.75, 3.05) is 13.2 Å². The predicted molar refractivity (Wildman–Crippen MR) is 70.5 cm³/mol. The van der Waals surface area contributed by atoms with Crippen molar-refractivity contribution in [3.63, 3.8) is 0 Å². The second kappa shape index (κ2) is 7.21. The van der Waals surface area contributed by atoms with Crippen LogP contribution in [0, 0.1) is 13.8 Å². The van der Waals surface area contributed by atoms with E-state index in [1.54, 1.807) is 0 Å². The number of unbranched alkanes of at least 4 members (excludes halogenated alkanes) is 1. The summed E-state index contributed by atoms with van der Waals surface area (Å²) in [5.74, 6) is 1.58. The molecule has 0 bridgehead atoms. The average Bonchev–Trinajstić information content (AvgIpc) is 2.66. The van der Waals surface area contributed by atoms with E-state index in [1.807, 2.05) is 26.8 Å². The van der Waals surface area contributed by atoms with Gasteiger partial charge >= 0.3 is 5.97 Å². The number of carbonyl (C=O) groups excluding carboxylic acids is 1. The molecule has 4 heteroatoms. The number of furan rings is 1. The molecule has 1 aromatic rings. The van der Waals surface area contributed by atoms with Gasteiger partial charge in [-0.2, -0.15) is 0 Å². The van der Waals surface area contributed by atoms with Gasteiger partial charge in [-0.15, -0.1) is 0 Å². The van der Waals surface area contributed by atoms with Gasteiger partial charge in [0.25, 0.3) is 0 Å². The van der Waals surface area contributed by atoms with Gasteiger partial charge in [0, 0.05) is 11.6 Å². The number of esters is 1. The van der Waals surface area contributed by atoms with Crippen LogP contribution in [0.1, 0.15) is 49.8 Å². The lowest BCUT2D eigenvalue weighted by Crippen LogP contribution is -2.27. The lowest BCUT2D eigenvalue weighted by Gasteiger charge is -2.12. The van der Waals surface area contributed by atoms with Crippen LogP contribution < -0.4 is 5.32 Å². The molecule has 0 aliphatic carbocycles. The number of ether oxygens (including phenoxy) is 1. The predicted octanol–water partition coefficient (Wildman–Crippen LogP) is 2.89. The van der Waals surface area contributed by atoms with Gasteiger partial charge < -0.3 is 14.5 Å². The van der Waals surface area contributed by atoms with Crippen molar-refractivity contribution in [1.29, 1.82) is 0 Å². The summed E-state index contributed by atoms with van der Waals surface area (Å²) in [4.78, 5) is 11.4. The Labute approximate surface area is 109 Å². The summed E-state index contributed by atoms with van der Waals surface area (Å²) in [6, 6.07) is 2.08. The largest absolute Gasteiger partial charge is 0.466 e. The van der Waals surface area contributed by atoms with Crippen molar-refractivity contribution in [2.24, 2.45) is 0 Å². The number of carbonyl (C=O) groups is 1. The summed E-state index contributed by atoms with van der Waals surface area (Å²) in [7, 11) is 0. The van der Waals surface area contributed by atoms with Crippen molar-refractivity contribution in [2.45, 2.75) is 46.6 Å². The maximum atomic E-state index is 11.4. The van der Waals surface area contributed by atoms with E-state index in [2.05, 4.69) is 12.2 Å². The minimum atomic E-state index is -0.201. The van der Waals surface area contributed by atoms with Crippen LogP contribution in [0.3, 0.4) is 0 Å². The van der Waals surface area contributed by atoms with Gasteiger partial charge in [0.1, 0.15) is 11.5 Å². The summed E-state index contributed by atoms with van der Waals surface area (Å²) in [6.45, 7) is 8.67. The quantitative estimate of drug-likeness (QED) is 0.599. The number of hydrogen-bond acceptors (Lipinski definition) is 4. The third-order valence-corrected chi connectivity index (χ3v) is 2.86. The highest BCUT2D eigenvalue weighted by atomic mass is 16.5. The van der Waals surface area contributed by atoms with Gasteiger partial charge in [-0.1, -0.05) is 13.3 Å². The molecule has 4 nitrogen and oxygen atoms in total. The fourth-order valence-corrected chi connectivity index (χ4v) is 1.81. The van der Waals surface area contributed by atoms with Crippen molar-refractivity contribution in [1.82, 2.24) is 5.32 Å². The molecule has 1 rings (SSSR count). The molecule has 0 saturated carbocycles. The molecule has 0 aliphatic rings. The normalized spacial score (nSPS) is 12.4. The molecule has 1 atom stereocenters. The summed E-state index contributed by atoms with van der Waals surface area (Å²) >= 11 is 0. The Bertz CT molecular complexity index is 384. The van der Waals surface area contributed by atoms with E-state index in [4.69, 9.17) is 9.15 Å². The van der Waals surface area contributed by atoms with Crippen LogP contribution in [-0.4, -0.2) is 19.1 Å². The minimum Gasteiger partial charge on any atom is -0.466 e. The summed E-state index contributed by atoms with van der Waals surface area (Å²) in [6.07, 6.45) is 1.95. The molecule has 1 unspecified atom stereocenters. The van der Waals surface area contributed by atoms with E-state index in [-0.39, 0.29) is 18.6 Å². The molecule has 0 amide bonds. The minimum absolute atomic E-state index is 0.0844. The van der Waals surface area contributed by atoms with Crippen LogP contribution in [0.2, 0.25) is 0 Å². The Morgan fingerprint density at radius 3 is 2.78 bits per heavy atom. The Kier molecular flexibility index (Phi) is 5.92. The highest BCUT2D eigenvalue weighted by molar-refractivity contribution is 5.71. The molecule has 0 spiro atoms. The second-order valence-corrected chi connectivity index (χ2v) is 4.55. The van der Waals surface area contributed by atoms with Crippen LogP contribution >= 0.6 is 0 Å². The molecular formula is C14H23NO3. The molecule has 0 fully saturated rings. The van der Waals surface area contributed by atoms with Crippen molar-refractivity contribution < 1.29 is 13.9 Å². The first-order valence-corrected chi connectivity index (χ1v) is 6.50. The van der Waals surface area contributed by atoms with Gasteiger partial charge in [-0.05, 0) is 33.3 Å². The zero-order chi connectivity index (χ0) is 13.5. The van der Waals surface area contributed by atoms with Gasteiger partial charge in [-0.3, -0.25) is 4.79 Å². The molecule has 1 heterocycles. The Hall–Kier alpha value is -1.29. The SMILES string of the molecule is CCCCOC(=O)CNC(C)c1cc(C)oc1C. The summed E-state index contributed by atoms with van der Waals surface area (Å²) in [5, 5.41) is 3.15. The van der Waals surface area contributed by atoms with E-state index in [0.29, 0.717) is 6.61 Å². The van der Waals surface area contributed by atoms with Gasteiger partial charge in [0.15, 0.2) is 0 Å². The fourth-order valence-electron chi connectivity index (χ4n) is 1.81. The Balaban J connectivity index is 2.34. The monoisotopic (exact) mass is 253 g/mol. The molecule has 0 radical (unpaired) electrons. The Morgan fingerprint density at radius 2 is 2.22 bits per heavy atom. The van der Waals surface area contributed by atoms with E-state index < -0.39 is 0 Å². The van der Waals surface area contributed by atoms with Crippen LogP contribution in [0.25, 0.3) is 0 Å². The smallest absolute Gasteiger partial charge is 0.319 e. The molecular weight excluding hydrogens is 230 g/mol. The first kappa shape index (κ1) is 14.8. The fraction of sp³-hybridized carbons (Fsp3) is 0.643. The van der Waals surface area contributed by atoms with E-state index in [0.717, 1.165) is 29.9 Å². The number of rotatable bonds is 7. The number of nitrogens with one attached hydrogen (secondary N) is 1. The van der Waals surface area contributed by atoms with Crippen molar-refractivity contribution >= 4 is 5.97 Å². The number of hydrogen-bond donors (Lipinski definition) is 1. The van der Waals surface area contributed by atoms with E-state index >= 15 is 0 Å². The molecule has 102 valence electrons. The molecule has 0 saturated heterocycles. The molecule has 1 N–H and O–H groups in total. The zero-order valence-electron chi connectivity index (χ0n) is 11.7. The van der Waals surface area contributed by atoms with Crippen LogP contribution in [0.15, 0.2) is 10.5 Å². The first-order chi connectivity index (χ1) is 8.54. The average molecular weight is 253 g/mol. The van der Waals surface area contributed by atoms with Crippen LogP contribution in [-0.2, 0) is 9.53 Å². The third-order valence-electron chi connectivity index (χ3n) is 2.86.